The van der Waals surface area contributed by atoms with Crippen LogP contribution in [0.2, 0.25) is 0 Å². The molecule has 2 N–H and O–H groups in total. The Hall–Kier alpha value is -1.98. The van der Waals surface area contributed by atoms with Gasteiger partial charge in [-0.15, -0.1) is 0 Å². The van der Waals surface area contributed by atoms with E-state index < -0.39 is 23.0 Å². The lowest BCUT2D eigenvalue weighted by Crippen LogP contribution is -2.22. The zero-order valence-corrected chi connectivity index (χ0v) is 9.99. The topological polar surface area (TPSA) is 76.0 Å². The summed E-state index contributed by atoms with van der Waals surface area (Å²) >= 11 is 0. The Bertz CT molecular complexity index is 510. The molecule has 0 saturated carbocycles. The van der Waals surface area contributed by atoms with Crippen molar-refractivity contribution in [2.75, 3.05) is 6.79 Å². The number of carbonyl (C=O) groups is 1. The van der Waals surface area contributed by atoms with E-state index in [-0.39, 0.29) is 30.3 Å². The van der Waals surface area contributed by atoms with Crippen LogP contribution in [0, 0.1) is 5.82 Å². The first kappa shape index (κ1) is 12.5. The molecular weight excluding hydrogens is 243 g/mol. The number of carboxylic acid groups (broad SMARTS) is 1. The van der Waals surface area contributed by atoms with E-state index in [9.17, 15) is 14.3 Å². The maximum absolute atomic E-state index is 13.6. The van der Waals surface area contributed by atoms with Gasteiger partial charge >= 0.3 is 5.97 Å². The molecule has 1 aliphatic heterocycles. The van der Waals surface area contributed by atoms with Gasteiger partial charge in [-0.05, 0) is 0 Å². The van der Waals surface area contributed by atoms with E-state index in [4.69, 9.17) is 14.6 Å². The molecule has 1 aliphatic rings. The second-order valence-electron chi connectivity index (χ2n) is 4.77. The summed E-state index contributed by atoms with van der Waals surface area (Å²) in [5.74, 6) is -2.10. The molecule has 0 amide bonds. The Kier molecular flexibility index (Phi) is 2.80. The molecule has 6 heteroatoms. The van der Waals surface area contributed by atoms with Crippen molar-refractivity contribution in [1.82, 2.24) is 0 Å². The normalized spacial score (nSPS) is 13.7. The Balaban J connectivity index is 2.59. The highest BCUT2D eigenvalue weighted by Crippen LogP contribution is 2.48. The molecule has 0 saturated heterocycles. The molecule has 5 nitrogen and oxygen atoms in total. The zero-order valence-electron chi connectivity index (χ0n) is 9.99. The Labute approximate surface area is 103 Å². The van der Waals surface area contributed by atoms with Crippen molar-refractivity contribution in [3.63, 3.8) is 0 Å². The number of fused-ring (bicyclic) bond motifs is 1. The fourth-order valence-electron chi connectivity index (χ4n) is 2.10. The number of hydrogen-bond donors (Lipinski definition) is 2. The molecule has 1 aromatic rings. The third kappa shape index (κ3) is 1.94. The molecule has 0 radical (unpaired) electrons. The molecule has 0 aliphatic carbocycles. The molecular formula is C12H13FO5. The van der Waals surface area contributed by atoms with Crippen molar-refractivity contribution < 1.29 is 28.9 Å². The van der Waals surface area contributed by atoms with E-state index >= 15 is 0 Å². The maximum atomic E-state index is 13.6. The van der Waals surface area contributed by atoms with Crippen LogP contribution in [0.4, 0.5) is 4.39 Å². The molecule has 2 rings (SSSR count). The van der Waals surface area contributed by atoms with Crippen molar-refractivity contribution in [2.45, 2.75) is 25.7 Å². The summed E-state index contributed by atoms with van der Waals surface area (Å²) in [7, 11) is 0. The van der Waals surface area contributed by atoms with Crippen LogP contribution in [-0.4, -0.2) is 23.0 Å². The van der Waals surface area contributed by atoms with Gasteiger partial charge in [-0.1, -0.05) is 13.8 Å². The predicted molar refractivity (Wildman–Crippen MR) is 59.5 cm³/mol. The molecule has 0 spiro atoms. The second-order valence-corrected chi connectivity index (χ2v) is 4.77. The summed E-state index contributed by atoms with van der Waals surface area (Å²) in [6.07, 6.45) is -0.264. The number of aromatic hydroxyl groups is 1. The SMILES string of the molecule is CC(C)(CC(=O)O)c1c(O)c(F)cc2c1OCO2. The van der Waals surface area contributed by atoms with Crippen LogP contribution in [0.1, 0.15) is 25.8 Å². The van der Waals surface area contributed by atoms with Crippen LogP contribution >= 0.6 is 0 Å². The number of hydrogen-bond acceptors (Lipinski definition) is 4. The number of phenols is 1. The Morgan fingerprint density at radius 3 is 2.78 bits per heavy atom. The van der Waals surface area contributed by atoms with E-state index in [2.05, 4.69) is 0 Å². The van der Waals surface area contributed by atoms with Gasteiger partial charge in [0.1, 0.15) is 0 Å². The summed E-state index contributed by atoms with van der Waals surface area (Å²) in [6.45, 7) is 3.11. The fraction of sp³-hybridized carbons (Fsp3) is 0.417. The molecule has 18 heavy (non-hydrogen) atoms. The molecule has 0 atom stereocenters. The third-order valence-electron chi connectivity index (χ3n) is 2.86. The number of ether oxygens (including phenoxy) is 2. The van der Waals surface area contributed by atoms with E-state index in [0.717, 1.165) is 6.07 Å². The van der Waals surface area contributed by atoms with E-state index in [1.54, 1.807) is 13.8 Å². The summed E-state index contributed by atoms with van der Waals surface area (Å²) in [6, 6.07) is 1.03. The number of rotatable bonds is 3. The first-order valence-electron chi connectivity index (χ1n) is 5.36. The fourth-order valence-corrected chi connectivity index (χ4v) is 2.10. The number of carboxylic acids is 1. The van der Waals surface area contributed by atoms with Crippen LogP contribution < -0.4 is 9.47 Å². The lowest BCUT2D eigenvalue weighted by atomic mass is 9.80. The third-order valence-corrected chi connectivity index (χ3v) is 2.86. The van der Waals surface area contributed by atoms with Gasteiger partial charge in [-0.3, -0.25) is 4.79 Å². The minimum absolute atomic E-state index is 0.0750. The number of halogens is 1. The molecule has 98 valence electrons. The average Bonchev–Trinajstić information content (AvgIpc) is 2.63. The predicted octanol–water partition coefficient (Wildman–Crippen LogP) is 2.01. The lowest BCUT2D eigenvalue weighted by molar-refractivity contribution is -0.138. The van der Waals surface area contributed by atoms with Gasteiger partial charge in [0.15, 0.2) is 23.1 Å². The summed E-state index contributed by atoms with van der Waals surface area (Å²) in [4.78, 5) is 10.8. The molecule has 0 bridgehead atoms. The summed E-state index contributed by atoms with van der Waals surface area (Å²) < 4.78 is 23.8. The smallest absolute Gasteiger partial charge is 0.304 e. The average molecular weight is 256 g/mol. The van der Waals surface area contributed by atoms with Gasteiger partial charge in [-0.2, -0.15) is 0 Å². The standard InChI is InChI=1S/C12H13FO5/c1-12(2,4-8(14)15)9-10(16)6(13)3-7-11(9)18-5-17-7/h3,16H,4-5H2,1-2H3,(H,14,15). The van der Waals surface area contributed by atoms with Gasteiger partial charge in [-0.25, -0.2) is 4.39 Å². The quantitative estimate of drug-likeness (QED) is 0.865. The zero-order chi connectivity index (χ0) is 13.5. The van der Waals surface area contributed by atoms with Crippen molar-refractivity contribution in [3.8, 4) is 17.2 Å². The largest absolute Gasteiger partial charge is 0.505 e. The first-order valence-corrected chi connectivity index (χ1v) is 5.36. The summed E-state index contributed by atoms with van der Waals surface area (Å²) in [5, 5.41) is 18.7. The lowest BCUT2D eigenvalue weighted by Gasteiger charge is -2.25. The van der Waals surface area contributed by atoms with Gasteiger partial charge in [0.2, 0.25) is 6.79 Å². The van der Waals surface area contributed by atoms with Crippen molar-refractivity contribution in [1.29, 1.82) is 0 Å². The van der Waals surface area contributed by atoms with Crippen molar-refractivity contribution >= 4 is 5.97 Å². The number of benzene rings is 1. The number of phenolic OH excluding ortho intramolecular Hbond substituents is 1. The minimum Gasteiger partial charge on any atom is -0.505 e. The molecule has 1 aromatic carbocycles. The van der Waals surface area contributed by atoms with Crippen LogP contribution in [-0.2, 0) is 10.2 Å². The monoisotopic (exact) mass is 256 g/mol. The highest BCUT2D eigenvalue weighted by Gasteiger charge is 2.36. The van der Waals surface area contributed by atoms with Gasteiger partial charge in [0, 0.05) is 17.0 Å². The van der Waals surface area contributed by atoms with Crippen molar-refractivity contribution in [2.24, 2.45) is 0 Å². The van der Waals surface area contributed by atoms with Crippen molar-refractivity contribution in [3.05, 3.63) is 17.4 Å². The highest BCUT2D eigenvalue weighted by molar-refractivity contribution is 5.70. The Morgan fingerprint density at radius 2 is 2.17 bits per heavy atom. The molecule has 0 aromatic heterocycles. The van der Waals surface area contributed by atoms with Crippen LogP contribution in [0.3, 0.4) is 0 Å². The molecule has 0 unspecified atom stereocenters. The van der Waals surface area contributed by atoms with Gasteiger partial charge in [0.05, 0.1) is 6.42 Å². The first-order chi connectivity index (χ1) is 8.33. The van der Waals surface area contributed by atoms with Crippen LogP contribution in [0.5, 0.6) is 17.2 Å². The van der Waals surface area contributed by atoms with Gasteiger partial charge < -0.3 is 19.7 Å². The van der Waals surface area contributed by atoms with E-state index in [0.29, 0.717) is 0 Å². The maximum Gasteiger partial charge on any atom is 0.304 e. The van der Waals surface area contributed by atoms with Gasteiger partial charge in [0.25, 0.3) is 0 Å². The van der Waals surface area contributed by atoms with E-state index in [1.165, 1.54) is 0 Å². The number of aliphatic carboxylic acids is 1. The van der Waals surface area contributed by atoms with E-state index in [1.807, 2.05) is 0 Å². The Morgan fingerprint density at radius 1 is 1.50 bits per heavy atom. The minimum atomic E-state index is -1.05. The van der Waals surface area contributed by atoms with Crippen LogP contribution in [0.15, 0.2) is 6.07 Å². The molecule has 0 fully saturated rings. The highest BCUT2D eigenvalue weighted by atomic mass is 19.1. The summed E-state index contributed by atoms with van der Waals surface area (Å²) in [5.41, 5.74) is -0.854. The van der Waals surface area contributed by atoms with Crippen LogP contribution in [0.25, 0.3) is 0 Å². The molecule has 1 heterocycles. The second kappa shape index (κ2) is 4.04.